The van der Waals surface area contributed by atoms with Crippen LogP contribution >= 0.6 is 0 Å². The number of nitrogens with zero attached hydrogens (tertiary/aromatic N) is 1. The summed E-state index contributed by atoms with van der Waals surface area (Å²) in [7, 11) is -8.38. The number of ether oxygens (including phenoxy) is 1. The van der Waals surface area contributed by atoms with E-state index in [2.05, 4.69) is 17.4 Å². The first-order chi connectivity index (χ1) is 20.1. The number of hydrogen-bond donors (Lipinski definition) is 0. The molecule has 3 rings (SSSR count). The molecular weight excluding hydrogens is 613 g/mol. The molecule has 0 aliphatic heterocycles. The van der Waals surface area contributed by atoms with Crippen molar-refractivity contribution >= 4 is 19.9 Å². The highest BCUT2D eigenvalue weighted by Gasteiger charge is 2.52. The molecule has 6 nitrogen and oxygen atoms in total. The largest absolute Gasteiger partial charge is 0.490 e. The van der Waals surface area contributed by atoms with Gasteiger partial charge in [0, 0.05) is 6.07 Å². The summed E-state index contributed by atoms with van der Waals surface area (Å²) in [5.41, 5.74) is -1.00. The molecule has 2 aromatic rings. The van der Waals surface area contributed by atoms with E-state index in [9.17, 15) is 38.8 Å². The minimum absolute atomic E-state index is 0.0371. The van der Waals surface area contributed by atoms with Crippen molar-refractivity contribution in [2.45, 2.75) is 54.3 Å². The molecule has 0 bridgehead atoms. The third-order valence-corrected chi connectivity index (χ3v) is 11.7. The number of sulfonamides is 1. The second kappa shape index (κ2) is 13.6. The average molecular weight is 647 g/mol. The molecule has 1 unspecified atom stereocenters. The molecule has 0 amide bonds. The molecule has 0 heterocycles. The van der Waals surface area contributed by atoms with Gasteiger partial charge in [0.05, 0.1) is 27.1 Å². The summed E-state index contributed by atoms with van der Waals surface area (Å²) in [6.07, 6.45) is -0.631. The van der Waals surface area contributed by atoms with Crippen LogP contribution in [0.4, 0.5) is 22.0 Å². The Balaban J connectivity index is 2.01. The second-order valence-electron chi connectivity index (χ2n) is 10.8. The van der Waals surface area contributed by atoms with E-state index in [-0.39, 0.29) is 30.8 Å². The van der Waals surface area contributed by atoms with Gasteiger partial charge < -0.3 is 4.74 Å². The molecule has 1 aliphatic rings. The first-order valence-corrected chi connectivity index (χ1v) is 16.5. The number of hydrogen-bond acceptors (Lipinski definition) is 5. The fourth-order valence-corrected chi connectivity index (χ4v) is 8.90. The fraction of sp³-hybridized carbons (Fsp3) is 0.433. The fourth-order valence-electron chi connectivity index (χ4n) is 5.87. The average Bonchev–Trinajstić information content (AvgIpc) is 2.94. The Morgan fingerprint density at radius 2 is 1.56 bits per heavy atom. The van der Waals surface area contributed by atoms with Gasteiger partial charge in [-0.15, -0.1) is 21.6 Å². The number of alkyl halides is 3. The van der Waals surface area contributed by atoms with Crippen LogP contribution in [0.2, 0.25) is 0 Å². The van der Waals surface area contributed by atoms with Gasteiger partial charge in [0.1, 0.15) is 5.82 Å². The van der Waals surface area contributed by atoms with Gasteiger partial charge >= 0.3 is 16.2 Å². The number of benzene rings is 2. The Bertz CT molecular complexity index is 1560. The number of halogens is 5. The van der Waals surface area contributed by atoms with Crippen LogP contribution in [-0.2, 0) is 26.0 Å². The van der Waals surface area contributed by atoms with E-state index in [1.54, 1.807) is 0 Å². The minimum Gasteiger partial charge on any atom is -0.490 e. The second-order valence-corrected chi connectivity index (χ2v) is 14.8. The third kappa shape index (κ3) is 8.03. The molecule has 0 saturated heterocycles. The summed E-state index contributed by atoms with van der Waals surface area (Å²) in [5.74, 6) is -4.34. The summed E-state index contributed by atoms with van der Waals surface area (Å²) < 4.78 is 128. The van der Waals surface area contributed by atoms with Crippen molar-refractivity contribution in [1.29, 1.82) is 0 Å². The quantitative estimate of drug-likeness (QED) is 0.167. The van der Waals surface area contributed by atoms with Gasteiger partial charge in [-0.25, -0.2) is 17.2 Å². The zero-order valence-electron chi connectivity index (χ0n) is 23.3. The normalized spacial score (nSPS) is 19.8. The van der Waals surface area contributed by atoms with Gasteiger partial charge in [0.25, 0.3) is 6.57 Å². The van der Waals surface area contributed by atoms with Crippen LogP contribution in [0.1, 0.15) is 44.1 Å². The minimum atomic E-state index is -4.65. The lowest BCUT2D eigenvalue weighted by Crippen LogP contribution is -2.44. The van der Waals surface area contributed by atoms with Crippen molar-refractivity contribution in [3.8, 4) is 12.3 Å². The van der Waals surface area contributed by atoms with Crippen LogP contribution in [0.15, 0.2) is 72.7 Å². The van der Waals surface area contributed by atoms with Crippen LogP contribution in [0.5, 0.6) is 5.75 Å². The van der Waals surface area contributed by atoms with Crippen LogP contribution in [0.3, 0.4) is 0 Å². The van der Waals surface area contributed by atoms with E-state index in [4.69, 9.17) is 11.3 Å². The number of allylic oxidation sites excluding steroid dienone is 2. The summed E-state index contributed by atoms with van der Waals surface area (Å²) in [6, 6.07) is 5.78. The summed E-state index contributed by atoms with van der Waals surface area (Å²) in [4.78, 5) is -0.310. The molecule has 43 heavy (non-hydrogen) atoms. The zero-order chi connectivity index (χ0) is 32.1. The smallest absolute Gasteiger partial charge is 0.485 e. The maximum atomic E-state index is 14.4. The van der Waals surface area contributed by atoms with Crippen molar-refractivity contribution in [3.05, 3.63) is 89.2 Å². The maximum Gasteiger partial charge on any atom is 0.485 e. The Hall–Kier alpha value is -3.24. The monoisotopic (exact) mass is 646 g/mol. The van der Waals surface area contributed by atoms with Crippen molar-refractivity contribution < 1.29 is 43.5 Å². The van der Waals surface area contributed by atoms with Gasteiger partial charge in [0.2, 0.25) is 0 Å². The Morgan fingerprint density at radius 1 is 0.953 bits per heavy atom. The lowest BCUT2D eigenvalue weighted by molar-refractivity contribution is -0.137. The van der Waals surface area contributed by atoms with Crippen LogP contribution < -0.4 is 4.74 Å². The van der Waals surface area contributed by atoms with Gasteiger partial charge in [-0.05, 0) is 86.3 Å². The van der Waals surface area contributed by atoms with Crippen molar-refractivity contribution in [1.82, 2.24) is 0 Å². The lowest BCUT2D eigenvalue weighted by atomic mass is 9.69. The van der Waals surface area contributed by atoms with Gasteiger partial charge in [-0.3, -0.25) is 0 Å². The standard InChI is InChI=1S/C30H33F5NO5S2/c1-4-15-29(16-5-2,43(39,40)36-3)18-21-7-6-8-22(26(21)19-41-28-17-24(31)11-14-27(28)32)20-42(37,38)25-12-9-23(10-13-25)30(33,34)35/h3-5,9-14,17,21-22,26H,1-2,6-8,15-16,18-20H2/q+1/t21-,22?,26-/m0/s1. The summed E-state index contributed by atoms with van der Waals surface area (Å²) >= 11 is 0. The molecule has 0 aromatic heterocycles. The van der Waals surface area contributed by atoms with Crippen molar-refractivity contribution in [2.75, 3.05) is 12.4 Å². The van der Waals surface area contributed by atoms with E-state index < -0.39 is 77.2 Å². The van der Waals surface area contributed by atoms with E-state index in [0.717, 1.165) is 30.3 Å². The molecule has 1 aliphatic carbocycles. The first kappa shape index (κ1) is 34.3. The van der Waals surface area contributed by atoms with Gasteiger partial charge in [-0.1, -0.05) is 18.6 Å². The predicted octanol–water partition coefficient (Wildman–Crippen LogP) is 7.44. The topological polar surface area (TPSA) is 81.9 Å². The summed E-state index contributed by atoms with van der Waals surface area (Å²) in [6.45, 7) is 12.3. The molecule has 234 valence electrons. The molecule has 0 spiro atoms. The molecular formula is C30H33F5NO5S2+. The third-order valence-electron chi connectivity index (χ3n) is 8.01. The highest BCUT2D eigenvalue weighted by Crippen LogP contribution is 2.45. The van der Waals surface area contributed by atoms with Gasteiger partial charge in [0.15, 0.2) is 26.2 Å². The maximum absolute atomic E-state index is 14.4. The molecule has 2 aromatic carbocycles. The molecule has 1 saturated carbocycles. The molecule has 13 heteroatoms. The number of sulfone groups is 1. The van der Waals surface area contributed by atoms with E-state index in [1.165, 1.54) is 12.2 Å². The van der Waals surface area contributed by atoms with Crippen LogP contribution in [-0.4, -0.2) is 33.9 Å². The Kier molecular flexibility index (Phi) is 10.8. The first-order valence-electron chi connectivity index (χ1n) is 13.5. The molecule has 1 fully saturated rings. The molecule has 3 atom stereocenters. The van der Waals surface area contributed by atoms with Crippen molar-refractivity contribution in [2.24, 2.45) is 17.8 Å². The molecule has 0 radical (unpaired) electrons. The van der Waals surface area contributed by atoms with Crippen LogP contribution in [0, 0.1) is 36.0 Å². The zero-order valence-corrected chi connectivity index (χ0v) is 24.9. The highest BCUT2D eigenvalue weighted by atomic mass is 32.2. The van der Waals surface area contributed by atoms with E-state index in [0.29, 0.717) is 31.4 Å². The SMILES string of the molecule is C#[N+]S(=O)(=O)C(CC=C)(CC=C)C[C@@H]1CCCC(CS(=O)(=O)c2ccc(C(F)(F)F)cc2)[C@H]1COc1cc(F)ccc1F. The van der Waals surface area contributed by atoms with E-state index in [1.807, 2.05) is 0 Å². The Labute approximate surface area is 249 Å². The Morgan fingerprint density at radius 3 is 2.12 bits per heavy atom. The lowest BCUT2D eigenvalue weighted by Gasteiger charge is -2.41. The van der Waals surface area contributed by atoms with E-state index >= 15 is 0 Å². The molecule has 0 N–H and O–H groups in total. The summed E-state index contributed by atoms with van der Waals surface area (Å²) in [5, 5.41) is 0. The van der Waals surface area contributed by atoms with Crippen LogP contribution in [0.25, 0.3) is 4.25 Å². The van der Waals surface area contributed by atoms with Gasteiger partial charge in [-0.2, -0.15) is 13.2 Å². The number of rotatable bonds is 13. The highest BCUT2D eigenvalue weighted by molar-refractivity contribution is 7.94. The van der Waals surface area contributed by atoms with Crippen molar-refractivity contribution in [3.63, 3.8) is 0 Å². The predicted molar refractivity (Wildman–Crippen MR) is 154 cm³/mol.